The van der Waals surface area contributed by atoms with Gasteiger partial charge >= 0.3 is 18.0 Å². The molecule has 3 rings (SSSR count). The van der Waals surface area contributed by atoms with Crippen molar-refractivity contribution in [2.24, 2.45) is 23.7 Å². The number of alkyl halides is 6. The van der Waals surface area contributed by atoms with E-state index in [0.717, 1.165) is 31.6 Å². The minimum Gasteiger partial charge on any atom is -0.317 e. The summed E-state index contributed by atoms with van der Waals surface area (Å²) in [5.41, 5.74) is -2.79. The normalized spacial score (nSPS) is 32.1. The minimum atomic E-state index is -4.99. The largest absolute Gasteiger partial charge is 0.385 e. The van der Waals surface area contributed by atoms with Gasteiger partial charge in [0.05, 0.1) is 6.61 Å². The van der Waals surface area contributed by atoms with Crippen LogP contribution in [0.15, 0.2) is 36.0 Å². The van der Waals surface area contributed by atoms with Gasteiger partial charge in [-0.1, -0.05) is 38.3 Å². The topological polar surface area (TPSA) is 9.23 Å². The molecule has 0 aromatic carbocycles. The summed E-state index contributed by atoms with van der Waals surface area (Å²) in [5, 5.41) is 0. The van der Waals surface area contributed by atoms with E-state index in [1.165, 1.54) is 25.7 Å². The molecule has 3 aliphatic carbocycles. The number of hydrogen-bond acceptors (Lipinski definition) is 1. The first-order chi connectivity index (χ1) is 15.5. The highest BCUT2D eigenvalue weighted by Crippen LogP contribution is 2.53. The first-order valence-electron chi connectivity index (χ1n) is 12.3. The van der Waals surface area contributed by atoms with Crippen LogP contribution in [0.25, 0.3) is 0 Å². The first kappa shape index (κ1) is 26.4. The predicted molar refractivity (Wildman–Crippen MR) is 118 cm³/mol. The van der Waals surface area contributed by atoms with Crippen molar-refractivity contribution in [1.82, 2.24) is 0 Å². The second-order valence-corrected chi connectivity index (χ2v) is 10.0. The molecule has 1 nitrogen and oxygen atoms in total. The van der Waals surface area contributed by atoms with Gasteiger partial charge in [-0.3, -0.25) is 0 Å². The van der Waals surface area contributed by atoms with Gasteiger partial charge in [0.1, 0.15) is 5.57 Å². The molecule has 0 saturated heterocycles. The third kappa shape index (κ3) is 5.71. The smallest absolute Gasteiger partial charge is 0.317 e. The van der Waals surface area contributed by atoms with Gasteiger partial charge in [-0.15, -0.1) is 6.58 Å². The molecule has 188 valence electrons. The predicted octanol–water partition coefficient (Wildman–Crippen LogP) is 8.72. The highest BCUT2D eigenvalue weighted by Gasteiger charge is 2.67. The molecular weight excluding hydrogens is 442 g/mol. The molecule has 0 radical (unpaired) electrons. The fourth-order valence-electron chi connectivity index (χ4n) is 5.79. The maximum atomic E-state index is 14.4. The standard InChI is InChI=1S/C26H36F6O/c1-3-5-22-14-15-23(25(29,30)24(22,27)28)26(31,32)33-17-16-19-8-12-21(13-9-19)20-10-6-18(4-2)7-11-20/h4,14-15,18-21H,2-3,5-13,16-17H2,1H3. The number of allylic oxidation sites excluding steroid dienone is 4. The first-order valence-corrected chi connectivity index (χ1v) is 12.3. The van der Waals surface area contributed by atoms with Crippen LogP contribution >= 0.6 is 0 Å². The molecule has 3 aliphatic rings. The Kier molecular flexibility index (Phi) is 8.45. The summed E-state index contributed by atoms with van der Waals surface area (Å²) in [5.74, 6) is -7.44. The van der Waals surface area contributed by atoms with Crippen LogP contribution in [-0.2, 0) is 4.74 Å². The summed E-state index contributed by atoms with van der Waals surface area (Å²) < 4.78 is 90.5. The third-order valence-electron chi connectivity index (χ3n) is 7.94. The Morgan fingerprint density at radius 2 is 1.52 bits per heavy atom. The quantitative estimate of drug-likeness (QED) is 0.238. The highest BCUT2D eigenvalue weighted by molar-refractivity contribution is 5.40. The Labute approximate surface area is 193 Å². The number of halogens is 6. The maximum absolute atomic E-state index is 14.4. The lowest BCUT2D eigenvalue weighted by atomic mass is 9.69. The van der Waals surface area contributed by atoms with Crippen molar-refractivity contribution in [3.63, 3.8) is 0 Å². The van der Waals surface area contributed by atoms with Crippen molar-refractivity contribution in [3.05, 3.63) is 36.0 Å². The lowest BCUT2D eigenvalue weighted by Crippen LogP contribution is -2.50. The second kappa shape index (κ2) is 10.6. The molecule has 0 atom stereocenters. The molecular formula is C26H36F6O. The van der Waals surface area contributed by atoms with E-state index in [0.29, 0.717) is 30.4 Å². The molecule has 0 aliphatic heterocycles. The van der Waals surface area contributed by atoms with Crippen molar-refractivity contribution in [3.8, 4) is 0 Å². The van der Waals surface area contributed by atoms with Gasteiger partial charge in [-0.05, 0) is 81.1 Å². The Morgan fingerprint density at radius 1 is 0.939 bits per heavy atom. The Hall–Kier alpha value is -1.24. The number of hydrogen-bond donors (Lipinski definition) is 0. The molecule has 7 heteroatoms. The number of ether oxygens (including phenoxy) is 1. The summed E-state index contributed by atoms with van der Waals surface area (Å²) in [7, 11) is 0. The Balaban J connectivity index is 1.49. The van der Waals surface area contributed by atoms with E-state index in [1.807, 2.05) is 6.08 Å². The molecule has 0 heterocycles. The van der Waals surface area contributed by atoms with E-state index < -0.39 is 35.7 Å². The lowest BCUT2D eigenvalue weighted by Gasteiger charge is -2.37. The van der Waals surface area contributed by atoms with Gasteiger partial charge < -0.3 is 4.74 Å². The van der Waals surface area contributed by atoms with E-state index in [-0.39, 0.29) is 18.8 Å². The molecule has 0 aromatic rings. The fourth-order valence-corrected chi connectivity index (χ4v) is 5.79. The Bertz CT molecular complexity index is 725. The van der Waals surface area contributed by atoms with Crippen LogP contribution in [-0.4, -0.2) is 24.6 Å². The average molecular weight is 479 g/mol. The molecule has 33 heavy (non-hydrogen) atoms. The molecule has 0 unspecified atom stereocenters. The second-order valence-electron chi connectivity index (χ2n) is 10.0. The van der Waals surface area contributed by atoms with Crippen LogP contribution in [0.1, 0.15) is 77.6 Å². The van der Waals surface area contributed by atoms with Crippen molar-refractivity contribution >= 4 is 0 Å². The zero-order valence-electron chi connectivity index (χ0n) is 19.4. The maximum Gasteiger partial charge on any atom is 0.385 e. The van der Waals surface area contributed by atoms with Crippen LogP contribution < -0.4 is 0 Å². The van der Waals surface area contributed by atoms with E-state index in [9.17, 15) is 26.3 Å². The van der Waals surface area contributed by atoms with Gasteiger partial charge in [0, 0.05) is 5.57 Å². The van der Waals surface area contributed by atoms with E-state index >= 15 is 0 Å². The van der Waals surface area contributed by atoms with E-state index in [4.69, 9.17) is 0 Å². The molecule has 0 spiro atoms. The summed E-state index contributed by atoms with van der Waals surface area (Å²) in [4.78, 5) is 0. The van der Waals surface area contributed by atoms with Crippen LogP contribution in [0.2, 0.25) is 0 Å². The van der Waals surface area contributed by atoms with Crippen molar-refractivity contribution in [1.29, 1.82) is 0 Å². The highest BCUT2D eigenvalue weighted by atomic mass is 19.3. The third-order valence-corrected chi connectivity index (χ3v) is 7.94. The molecule has 0 aromatic heterocycles. The van der Waals surface area contributed by atoms with E-state index in [1.54, 1.807) is 6.92 Å². The monoisotopic (exact) mass is 478 g/mol. The molecule has 0 amide bonds. The summed E-state index contributed by atoms with van der Waals surface area (Å²) in [6, 6.07) is 0. The summed E-state index contributed by atoms with van der Waals surface area (Å²) >= 11 is 0. The van der Waals surface area contributed by atoms with Crippen LogP contribution in [0.3, 0.4) is 0 Å². The van der Waals surface area contributed by atoms with Crippen molar-refractivity contribution in [2.45, 2.75) is 95.5 Å². The lowest BCUT2D eigenvalue weighted by molar-refractivity contribution is -0.254. The van der Waals surface area contributed by atoms with Gasteiger partial charge in [0.2, 0.25) is 0 Å². The summed E-state index contributed by atoms with van der Waals surface area (Å²) in [6.45, 7) is 5.01. The zero-order chi connectivity index (χ0) is 24.3. The molecule has 0 N–H and O–H groups in total. The van der Waals surface area contributed by atoms with Gasteiger partial charge in [-0.25, -0.2) is 0 Å². The molecule has 0 bridgehead atoms. The fraction of sp³-hybridized carbons (Fsp3) is 0.769. The van der Waals surface area contributed by atoms with Gasteiger partial charge in [-0.2, -0.15) is 26.3 Å². The van der Waals surface area contributed by atoms with Crippen molar-refractivity contribution in [2.75, 3.05) is 6.61 Å². The van der Waals surface area contributed by atoms with Gasteiger partial charge in [0.15, 0.2) is 0 Å². The number of rotatable bonds is 9. The van der Waals surface area contributed by atoms with Gasteiger partial charge in [0.25, 0.3) is 0 Å². The zero-order valence-corrected chi connectivity index (χ0v) is 19.4. The molecule has 2 fully saturated rings. The van der Waals surface area contributed by atoms with E-state index in [2.05, 4.69) is 11.3 Å². The minimum absolute atomic E-state index is 0.194. The van der Waals surface area contributed by atoms with Crippen LogP contribution in [0.4, 0.5) is 26.3 Å². The van der Waals surface area contributed by atoms with Crippen LogP contribution in [0.5, 0.6) is 0 Å². The molecule has 2 saturated carbocycles. The average Bonchev–Trinajstić information content (AvgIpc) is 2.77. The SMILES string of the molecule is C=CC1CCC(C2CCC(CCOC(F)(F)C3=CC=C(CCC)C(F)(F)C3(F)F)CC2)CC1. The van der Waals surface area contributed by atoms with Crippen LogP contribution in [0, 0.1) is 23.7 Å². The Morgan fingerprint density at radius 3 is 2.06 bits per heavy atom. The summed E-state index contributed by atoms with van der Waals surface area (Å²) in [6.07, 6.45) is 7.65. The van der Waals surface area contributed by atoms with Crippen molar-refractivity contribution < 1.29 is 31.1 Å².